The van der Waals surface area contributed by atoms with Crippen LogP contribution in [-0.4, -0.2) is 4.98 Å². The van der Waals surface area contributed by atoms with Gasteiger partial charge >= 0.3 is 0 Å². The van der Waals surface area contributed by atoms with Gasteiger partial charge < -0.3 is 0 Å². The molecule has 0 unspecified atom stereocenters. The zero-order valence-corrected chi connectivity index (χ0v) is 37.8. The first-order valence-electron chi connectivity index (χ1n) is 23.4. The predicted molar refractivity (Wildman–Crippen MR) is 286 cm³/mol. The van der Waals surface area contributed by atoms with Crippen molar-refractivity contribution in [1.82, 2.24) is 4.98 Å². The zero-order chi connectivity index (χ0) is 44.8. The average Bonchev–Trinajstić information content (AvgIpc) is 4.05. The first-order chi connectivity index (χ1) is 33.7. The van der Waals surface area contributed by atoms with E-state index in [0.29, 0.717) is 0 Å². The molecule has 10 aromatic carbocycles. The highest BCUT2D eigenvalue weighted by atomic mass is 32.1. The monoisotopic (exact) mass is 879 g/mol. The maximum atomic E-state index is 4.39. The van der Waals surface area contributed by atoms with Crippen molar-refractivity contribution < 1.29 is 0 Å². The summed E-state index contributed by atoms with van der Waals surface area (Å²) in [6, 6.07) is 88.0. The Labute approximate surface area is 400 Å². The van der Waals surface area contributed by atoms with Gasteiger partial charge in [-0.05, 0) is 154 Å². The van der Waals surface area contributed by atoms with Crippen LogP contribution in [0.5, 0.6) is 0 Å². The van der Waals surface area contributed by atoms with Crippen LogP contribution in [0.1, 0.15) is 22.3 Å². The maximum Gasteiger partial charge on any atom is 0.0725 e. The quantitative estimate of drug-likeness (QED) is 0.162. The molecule has 316 valence electrons. The molecule has 0 amide bonds. The molecule has 14 rings (SSSR count). The Hall–Kier alpha value is -8.43. The van der Waals surface area contributed by atoms with Gasteiger partial charge in [-0.1, -0.05) is 194 Å². The van der Waals surface area contributed by atoms with E-state index in [9.17, 15) is 0 Å². The van der Waals surface area contributed by atoms with E-state index in [1.807, 2.05) is 23.7 Å². The van der Waals surface area contributed by atoms with Gasteiger partial charge in [0.25, 0.3) is 0 Å². The Balaban J connectivity index is 0.777. The van der Waals surface area contributed by atoms with E-state index in [2.05, 4.69) is 242 Å². The van der Waals surface area contributed by atoms with Gasteiger partial charge in [-0.2, -0.15) is 0 Å². The van der Waals surface area contributed by atoms with Gasteiger partial charge in [0.15, 0.2) is 0 Å². The molecule has 68 heavy (non-hydrogen) atoms. The highest BCUT2D eigenvalue weighted by Gasteiger charge is 2.51. The summed E-state index contributed by atoms with van der Waals surface area (Å²) in [6.07, 6.45) is 3.87. The average molecular weight is 880 g/mol. The van der Waals surface area contributed by atoms with Gasteiger partial charge in [0.05, 0.1) is 10.1 Å². The lowest BCUT2D eigenvalue weighted by Gasteiger charge is -2.30. The lowest BCUT2D eigenvalue weighted by Crippen LogP contribution is -2.25. The maximum absolute atomic E-state index is 4.39. The van der Waals surface area contributed by atoms with Crippen LogP contribution in [0.2, 0.25) is 0 Å². The van der Waals surface area contributed by atoms with Crippen molar-refractivity contribution in [2.24, 2.45) is 0 Å². The second kappa shape index (κ2) is 15.3. The van der Waals surface area contributed by atoms with Crippen molar-refractivity contribution >= 4 is 31.5 Å². The minimum atomic E-state index is -0.332. The van der Waals surface area contributed by atoms with E-state index >= 15 is 0 Å². The molecule has 2 aliphatic rings. The molecule has 2 aliphatic carbocycles. The van der Waals surface area contributed by atoms with Crippen LogP contribution in [0.25, 0.3) is 109 Å². The van der Waals surface area contributed by atoms with Gasteiger partial charge in [-0.15, -0.1) is 11.3 Å². The van der Waals surface area contributed by atoms with E-state index < -0.39 is 0 Å². The number of nitrogens with zero attached hydrogens (tertiary/aromatic N) is 1. The molecule has 0 aliphatic heterocycles. The van der Waals surface area contributed by atoms with Crippen LogP contribution in [0.4, 0.5) is 0 Å². The van der Waals surface area contributed by atoms with Crippen molar-refractivity contribution in [3.63, 3.8) is 0 Å². The number of pyridine rings is 1. The topological polar surface area (TPSA) is 12.9 Å². The molecule has 0 bridgehead atoms. The van der Waals surface area contributed by atoms with Gasteiger partial charge in [0.1, 0.15) is 0 Å². The van der Waals surface area contributed by atoms with E-state index in [1.165, 1.54) is 131 Å². The Morgan fingerprint density at radius 2 is 0.662 bits per heavy atom. The molecule has 0 saturated carbocycles. The predicted octanol–water partition coefficient (Wildman–Crippen LogP) is 17.8. The summed E-state index contributed by atoms with van der Waals surface area (Å²) in [5, 5.41) is 2.55. The third kappa shape index (κ3) is 5.91. The lowest BCUT2D eigenvalue weighted by molar-refractivity contribution is 0.794. The normalized spacial score (nSPS) is 12.8. The number of aromatic nitrogens is 1. The molecule has 0 atom stereocenters. The summed E-state index contributed by atoms with van der Waals surface area (Å²) in [6.45, 7) is 0. The van der Waals surface area contributed by atoms with Crippen LogP contribution in [-0.2, 0) is 5.41 Å². The number of thiophene rings is 1. The number of benzene rings is 10. The number of hydrogen-bond acceptors (Lipinski definition) is 2. The van der Waals surface area contributed by atoms with Crippen molar-refractivity contribution in [3.05, 3.63) is 271 Å². The Bertz CT molecular complexity index is 3960. The van der Waals surface area contributed by atoms with Crippen LogP contribution >= 0.6 is 11.3 Å². The fourth-order valence-electron chi connectivity index (χ4n) is 11.5. The Kier molecular flexibility index (Phi) is 8.74. The van der Waals surface area contributed by atoms with Crippen molar-refractivity contribution in [2.75, 3.05) is 0 Å². The third-order valence-corrected chi connectivity index (χ3v) is 15.8. The highest BCUT2D eigenvalue weighted by molar-refractivity contribution is 7.26. The first kappa shape index (κ1) is 38.8. The molecule has 2 heterocycles. The summed E-state index contributed by atoms with van der Waals surface area (Å²) in [5.74, 6) is 0. The summed E-state index contributed by atoms with van der Waals surface area (Å²) < 4.78 is 2.52. The second-order valence-corrected chi connectivity index (χ2v) is 19.3. The fourth-order valence-corrected chi connectivity index (χ4v) is 12.7. The molecule has 2 aromatic heterocycles. The SMILES string of the molecule is c1cc(-c2cccc(-c3cccc(-c4ccc5c(c4)-c4ccccc4C54c5ccccc5-c5ccccc54)c3)c2)cc(-c2cccc(-c3cccc(-c4cccc5c4sc4cnccc45)c3)c2)c1. The van der Waals surface area contributed by atoms with Gasteiger partial charge in [0, 0.05) is 27.9 Å². The van der Waals surface area contributed by atoms with Crippen LogP contribution in [0.15, 0.2) is 249 Å². The van der Waals surface area contributed by atoms with Crippen LogP contribution in [0.3, 0.4) is 0 Å². The number of fused-ring (bicyclic) bond motifs is 13. The summed E-state index contributed by atoms with van der Waals surface area (Å²) >= 11 is 1.82. The summed E-state index contributed by atoms with van der Waals surface area (Å²) in [4.78, 5) is 4.39. The van der Waals surface area contributed by atoms with Gasteiger partial charge in [-0.25, -0.2) is 0 Å². The highest BCUT2D eigenvalue weighted by Crippen LogP contribution is 2.63. The molecule has 0 radical (unpaired) electrons. The van der Waals surface area contributed by atoms with Crippen LogP contribution < -0.4 is 0 Å². The van der Waals surface area contributed by atoms with Gasteiger partial charge in [-0.3, -0.25) is 4.98 Å². The molecule has 2 heteroatoms. The lowest BCUT2D eigenvalue weighted by atomic mass is 9.70. The minimum Gasteiger partial charge on any atom is -0.263 e. The van der Waals surface area contributed by atoms with E-state index in [4.69, 9.17) is 0 Å². The second-order valence-electron chi connectivity index (χ2n) is 18.2. The molecule has 12 aromatic rings. The number of rotatable bonds is 6. The molecule has 1 spiro atoms. The summed E-state index contributed by atoms with van der Waals surface area (Å²) in [5.41, 5.74) is 24.9. The largest absolute Gasteiger partial charge is 0.263 e. The van der Waals surface area contributed by atoms with Crippen LogP contribution in [0, 0.1) is 0 Å². The standard InChI is InChI=1S/C66H41NS/c1-4-28-60-54(23-1)55-24-2-5-29-61(55)66(60)62-30-6-3-25-56(62)59-40-51(31-32-63(59)66)49-20-10-18-47(38-49)45-16-8-14-43(36-45)42-13-7-15-44(35-42)46-17-9-19-48(37-46)50-21-11-22-52(39-50)53-26-12-27-58-57-33-34-67-41-64(57)68-65(53)58/h1-41H. The third-order valence-electron chi connectivity index (χ3n) is 14.6. The van der Waals surface area contributed by atoms with Crippen molar-refractivity contribution in [2.45, 2.75) is 5.41 Å². The fraction of sp³-hybridized carbons (Fsp3) is 0.0152. The summed E-state index contributed by atoms with van der Waals surface area (Å²) in [7, 11) is 0. The molecular weight excluding hydrogens is 839 g/mol. The van der Waals surface area contributed by atoms with E-state index in [0.717, 1.165) is 0 Å². The molecule has 0 fully saturated rings. The van der Waals surface area contributed by atoms with Gasteiger partial charge in [0.2, 0.25) is 0 Å². The Morgan fingerprint density at radius 1 is 0.279 bits per heavy atom. The zero-order valence-electron chi connectivity index (χ0n) is 37.0. The van der Waals surface area contributed by atoms with Crippen molar-refractivity contribution in [3.8, 4) is 89.0 Å². The minimum absolute atomic E-state index is 0.332. The molecule has 0 saturated heterocycles. The smallest absolute Gasteiger partial charge is 0.0725 e. The molecular formula is C66H41NS. The first-order valence-corrected chi connectivity index (χ1v) is 24.2. The molecule has 0 N–H and O–H groups in total. The number of hydrogen-bond donors (Lipinski definition) is 0. The Morgan fingerprint density at radius 3 is 1.16 bits per heavy atom. The van der Waals surface area contributed by atoms with E-state index in [1.54, 1.807) is 0 Å². The van der Waals surface area contributed by atoms with E-state index in [-0.39, 0.29) is 5.41 Å². The van der Waals surface area contributed by atoms with Crippen molar-refractivity contribution in [1.29, 1.82) is 0 Å². The molecule has 1 nitrogen and oxygen atoms in total.